The van der Waals surface area contributed by atoms with Gasteiger partial charge in [0.2, 0.25) is 0 Å². The van der Waals surface area contributed by atoms with Gasteiger partial charge in [-0.25, -0.2) is 0 Å². The third-order valence-corrected chi connectivity index (χ3v) is 8.27. The Balaban J connectivity index is 3.39. The molecule has 0 aliphatic heterocycles. The number of aliphatic hydroxyl groups excluding tert-OH is 1. The van der Waals surface area contributed by atoms with E-state index in [1.54, 1.807) is 0 Å². The highest BCUT2D eigenvalue weighted by Gasteiger charge is 2.12. The molecule has 0 unspecified atom stereocenters. The van der Waals surface area contributed by atoms with E-state index in [0.29, 0.717) is 12.8 Å². The zero-order valence-electron chi connectivity index (χ0n) is 28.4. The summed E-state index contributed by atoms with van der Waals surface area (Å²) in [6.45, 7) is 6.66. The molecule has 0 saturated carbocycles. The fraction of sp³-hybridized carbons (Fsp3) is 0.946. The predicted molar refractivity (Wildman–Crippen MR) is 178 cm³/mol. The molecule has 0 amide bonds. The van der Waals surface area contributed by atoms with Crippen LogP contribution in [0.25, 0.3) is 0 Å². The molecule has 5 heteroatoms. The molecule has 250 valence electrons. The molecule has 1 N–H and O–H groups in total. The number of carbonyl (C=O) groups excluding carboxylic acids is 2. The Labute approximate surface area is 261 Å². The minimum atomic E-state index is -0.954. The van der Waals surface area contributed by atoms with Gasteiger partial charge in [0, 0.05) is 12.8 Å². The normalized spacial score (nSPS) is 12.1. The topological polar surface area (TPSA) is 72.8 Å². The van der Waals surface area contributed by atoms with Gasteiger partial charge >= 0.3 is 11.9 Å². The summed E-state index contributed by atoms with van der Waals surface area (Å²) >= 11 is 0. The molecule has 5 nitrogen and oxygen atoms in total. The average Bonchev–Trinajstić information content (AvgIpc) is 2.97. The smallest absolute Gasteiger partial charge is 0.305 e. The van der Waals surface area contributed by atoms with E-state index in [1.807, 2.05) is 0 Å². The van der Waals surface area contributed by atoms with Crippen LogP contribution in [0.3, 0.4) is 0 Å². The molecule has 0 heterocycles. The lowest BCUT2D eigenvalue weighted by Gasteiger charge is -2.12. The van der Waals surface area contributed by atoms with Crippen molar-refractivity contribution in [2.45, 2.75) is 207 Å². The van der Waals surface area contributed by atoms with Gasteiger partial charge in [-0.05, 0) is 18.8 Å². The highest BCUT2D eigenvalue weighted by Crippen LogP contribution is 2.15. The molecule has 0 aromatic heterocycles. The summed E-state index contributed by atoms with van der Waals surface area (Å²) in [5.74, 6) is 0.288. The summed E-state index contributed by atoms with van der Waals surface area (Å²) in [4.78, 5) is 23.8. The van der Waals surface area contributed by atoms with Crippen molar-refractivity contribution in [1.82, 2.24) is 0 Å². The molecule has 0 radical (unpaired) electrons. The maximum atomic E-state index is 11.9. The Hall–Kier alpha value is -1.10. The van der Waals surface area contributed by atoms with Gasteiger partial charge < -0.3 is 14.6 Å². The van der Waals surface area contributed by atoms with E-state index in [9.17, 15) is 14.7 Å². The summed E-state index contributed by atoms with van der Waals surface area (Å²) < 4.78 is 10.3. The summed E-state index contributed by atoms with van der Waals surface area (Å²) in [7, 11) is 0. The van der Waals surface area contributed by atoms with Crippen molar-refractivity contribution in [3.05, 3.63) is 0 Å². The SMILES string of the molecule is CCCCCCCCCCCCCCCC(=O)OC[C@H](O)COC(=O)CCCCCCCCCCCCCCC(C)C. The summed E-state index contributed by atoms with van der Waals surface area (Å²) in [5, 5.41) is 9.98. The first-order valence-corrected chi connectivity index (χ1v) is 18.4. The van der Waals surface area contributed by atoms with Gasteiger partial charge in [0.15, 0.2) is 0 Å². The van der Waals surface area contributed by atoms with Crippen LogP contribution >= 0.6 is 0 Å². The van der Waals surface area contributed by atoms with E-state index in [4.69, 9.17) is 9.47 Å². The maximum absolute atomic E-state index is 11.9. The lowest BCUT2D eigenvalue weighted by molar-refractivity contribution is -0.152. The number of esters is 2. The predicted octanol–water partition coefficient (Wildman–Crippen LogP) is 11.0. The molecule has 0 aliphatic carbocycles. The van der Waals surface area contributed by atoms with E-state index >= 15 is 0 Å². The van der Waals surface area contributed by atoms with Gasteiger partial charge in [0.1, 0.15) is 19.3 Å². The maximum Gasteiger partial charge on any atom is 0.305 e. The Morgan fingerprint density at radius 2 is 0.762 bits per heavy atom. The van der Waals surface area contributed by atoms with Crippen LogP contribution in [0.1, 0.15) is 201 Å². The molecule has 0 bridgehead atoms. The van der Waals surface area contributed by atoms with Crippen molar-refractivity contribution in [1.29, 1.82) is 0 Å². The first-order chi connectivity index (χ1) is 20.5. The van der Waals surface area contributed by atoms with Crippen LogP contribution in [0.4, 0.5) is 0 Å². The van der Waals surface area contributed by atoms with E-state index < -0.39 is 6.10 Å². The van der Waals surface area contributed by atoms with Gasteiger partial charge in [0.25, 0.3) is 0 Å². The summed E-state index contributed by atoms with van der Waals surface area (Å²) in [6.07, 6.45) is 32.9. The second-order valence-electron chi connectivity index (χ2n) is 13.2. The zero-order chi connectivity index (χ0) is 30.9. The summed E-state index contributed by atoms with van der Waals surface area (Å²) in [5.41, 5.74) is 0. The molecular formula is C37H72O5. The van der Waals surface area contributed by atoms with Crippen molar-refractivity contribution >= 4 is 11.9 Å². The third-order valence-electron chi connectivity index (χ3n) is 8.27. The van der Waals surface area contributed by atoms with Crippen LogP contribution in [0.15, 0.2) is 0 Å². The highest BCUT2D eigenvalue weighted by atomic mass is 16.6. The van der Waals surface area contributed by atoms with Crippen LogP contribution in [0, 0.1) is 5.92 Å². The standard InChI is InChI=1S/C37H72O5/c1-4-5-6-7-8-9-10-11-15-18-21-24-27-30-36(39)41-32-35(38)33-42-37(40)31-28-25-22-19-16-13-12-14-17-20-23-26-29-34(2)3/h34-35,38H,4-33H2,1-3H3/t35-/m0/s1. The van der Waals surface area contributed by atoms with Gasteiger partial charge in [-0.15, -0.1) is 0 Å². The largest absolute Gasteiger partial charge is 0.463 e. The molecule has 0 rings (SSSR count). The minimum Gasteiger partial charge on any atom is -0.463 e. The van der Waals surface area contributed by atoms with Gasteiger partial charge in [-0.1, -0.05) is 175 Å². The fourth-order valence-corrected chi connectivity index (χ4v) is 5.45. The van der Waals surface area contributed by atoms with Crippen LogP contribution in [-0.4, -0.2) is 36.4 Å². The van der Waals surface area contributed by atoms with E-state index in [1.165, 1.54) is 141 Å². The fourth-order valence-electron chi connectivity index (χ4n) is 5.45. The molecule has 0 saturated heterocycles. The number of hydrogen-bond acceptors (Lipinski definition) is 5. The second-order valence-corrected chi connectivity index (χ2v) is 13.2. The first-order valence-electron chi connectivity index (χ1n) is 18.4. The Bertz CT molecular complexity index is 577. The average molecular weight is 597 g/mol. The quantitative estimate of drug-likeness (QED) is 0.0602. The molecular weight excluding hydrogens is 524 g/mol. The summed E-state index contributed by atoms with van der Waals surface area (Å²) in [6, 6.07) is 0. The molecule has 0 aromatic carbocycles. The monoisotopic (exact) mass is 597 g/mol. The van der Waals surface area contributed by atoms with E-state index in [0.717, 1.165) is 31.6 Å². The third kappa shape index (κ3) is 33.4. The van der Waals surface area contributed by atoms with Crippen LogP contribution in [-0.2, 0) is 19.1 Å². The lowest BCUT2D eigenvalue weighted by Crippen LogP contribution is -2.25. The van der Waals surface area contributed by atoms with Gasteiger partial charge in [-0.3, -0.25) is 9.59 Å². The number of rotatable bonds is 33. The van der Waals surface area contributed by atoms with Crippen LogP contribution in [0.2, 0.25) is 0 Å². The zero-order valence-corrected chi connectivity index (χ0v) is 28.4. The molecule has 0 fully saturated rings. The number of hydrogen-bond donors (Lipinski definition) is 1. The van der Waals surface area contributed by atoms with Crippen molar-refractivity contribution in [3.63, 3.8) is 0 Å². The first kappa shape index (κ1) is 40.9. The van der Waals surface area contributed by atoms with Crippen molar-refractivity contribution in [2.75, 3.05) is 13.2 Å². The number of ether oxygens (including phenoxy) is 2. The Morgan fingerprint density at radius 1 is 0.476 bits per heavy atom. The molecule has 1 atom stereocenters. The van der Waals surface area contributed by atoms with Crippen molar-refractivity contribution < 1.29 is 24.2 Å². The molecule has 0 aliphatic rings. The molecule has 0 aromatic rings. The van der Waals surface area contributed by atoms with E-state index in [-0.39, 0.29) is 25.2 Å². The van der Waals surface area contributed by atoms with Crippen molar-refractivity contribution in [3.8, 4) is 0 Å². The second kappa shape index (κ2) is 32.8. The van der Waals surface area contributed by atoms with E-state index in [2.05, 4.69) is 20.8 Å². The van der Waals surface area contributed by atoms with Gasteiger partial charge in [0.05, 0.1) is 0 Å². The number of unbranched alkanes of at least 4 members (excludes halogenated alkanes) is 23. The van der Waals surface area contributed by atoms with Gasteiger partial charge in [-0.2, -0.15) is 0 Å². The highest BCUT2D eigenvalue weighted by molar-refractivity contribution is 5.69. The molecule has 0 spiro atoms. The number of aliphatic hydroxyl groups is 1. The Kier molecular flexibility index (Phi) is 31.9. The van der Waals surface area contributed by atoms with Crippen LogP contribution < -0.4 is 0 Å². The Morgan fingerprint density at radius 3 is 1.07 bits per heavy atom. The molecule has 42 heavy (non-hydrogen) atoms. The lowest BCUT2D eigenvalue weighted by atomic mass is 10.0. The van der Waals surface area contributed by atoms with Crippen LogP contribution in [0.5, 0.6) is 0 Å². The number of carbonyl (C=O) groups is 2. The minimum absolute atomic E-state index is 0.108. The van der Waals surface area contributed by atoms with Crippen molar-refractivity contribution in [2.24, 2.45) is 5.92 Å².